The van der Waals surface area contributed by atoms with Crippen LogP contribution in [-0.4, -0.2) is 32.6 Å². The number of aromatic nitrogens is 3. The highest BCUT2D eigenvalue weighted by molar-refractivity contribution is 7.89. The SMILES string of the molecule is O=[N+]([O-])c1ccccc1S(=O)(=O)N(Cc1ccc2[nH]ccc2c1)Cc1nc(-c2cccc(F)c2)c(-c2cccc(F)c2)[nH]1. The molecule has 12 heteroatoms. The van der Waals surface area contributed by atoms with Crippen molar-refractivity contribution in [1.29, 1.82) is 0 Å². The third kappa shape index (κ3) is 5.65. The Hall–Kier alpha value is -5.20. The van der Waals surface area contributed by atoms with Crippen LogP contribution >= 0.6 is 0 Å². The molecule has 2 aromatic heterocycles. The van der Waals surface area contributed by atoms with Gasteiger partial charge in [0.2, 0.25) is 0 Å². The standard InChI is InChI=1S/C31H23F2N5O4S/c32-24-7-3-5-22(16-24)30-31(23-6-4-8-25(33)17-23)36-29(35-30)19-37(18-20-11-12-26-21(15-20)13-14-34-26)43(41,42)28-10-2-1-9-27(28)38(39)40/h1-17,34H,18-19H2,(H,35,36). The Bertz CT molecular complexity index is 2030. The topological polar surface area (TPSA) is 125 Å². The lowest BCUT2D eigenvalue weighted by atomic mass is 10.0. The summed E-state index contributed by atoms with van der Waals surface area (Å²) in [4.78, 5) is 21.4. The Morgan fingerprint density at radius 2 is 1.56 bits per heavy atom. The van der Waals surface area contributed by atoms with Crippen LogP contribution in [-0.2, 0) is 23.1 Å². The van der Waals surface area contributed by atoms with E-state index < -0.39 is 37.2 Å². The molecule has 0 amide bonds. The Morgan fingerprint density at radius 1 is 0.837 bits per heavy atom. The van der Waals surface area contributed by atoms with Gasteiger partial charge in [0.1, 0.15) is 17.5 Å². The Morgan fingerprint density at radius 3 is 2.30 bits per heavy atom. The van der Waals surface area contributed by atoms with Crippen molar-refractivity contribution in [2.75, 3.05) is 0 Å². The number of nitrogens with zero attached hydrogens (tertiary/aromatic N) is 3. The van der Waals surface area contributed by atoms with Gasteiger partial charge in [-0.3, -0.25) is 10.1 Å². The molecule has 6 aromatic rings. The lowest BCUT2D eigenvalue weighted by molar-refractivity contribution is -0.387. The molecule has 0 saturated carbocycles. The van der Waals surface area contributed by atoms with Gasteiger partial charge in [-0.25, -0.2) is 22.2 Å². The smallest absolute Gasteiger partial charge is 0.289 e. The monoisotopic (exact) mass is 599 g/mol. The van der Waals surface area contributed by atoms with E-state index in [0.29, 0.717) is 22.4 Å². The Labute approximate surface area is 244 Å². The number of hydrogen-bond donors (Lipinski definition) is 2. The summed E-state index contributed by atoms with van der Waals surface area (Å²) in [6.07, 6.45) is 1.76. The van der Waals surface area contributed by atoms with Crippen LogP contribution in [0.3, 0.4) is 0 Å². The second kappa shape index (κ2) is 11.2. The molecule has 6 rings (SSSR count). The third-order valence-electron chi connectivity index (χ3n) is 6.95. The molecule has 216 valence electrons. The molecule has 0 fully saturated rings. The third-order valence-corrected chi connectivity index (χ3v) is 8.79. The molecule has 0 spiro atoms. The van der Waals surface area contributed by atoms with E-state index in [9.17, 15) is 27.3 Å². The first-order chi connectivity index (χ1) is 20.7. The highest BCUT2D eigenvalue weighted by atomic mass is 32.2. The number of para-hydroxylation sites is 1. The molecular weight excluding hydrogens is 576 g/mol. The fourth-order valence-corrected chi connectivity index (χ4v) is 6.50. The van der Waals surface area contributed by atoms with E-state index in [1.807, 2.05) is 18.2 Å². The molecule has 9 nitrogen and oxygen atoms in total. The van der Waals surface area contributed by atoms with Crippen molar-refractivity contribution in [3.63, 3.8) is 0 Å². The van der Waals surface area contributed by atoms with E-state index in [1.54, 1.807) is 24.4 Å². The zero-order valence-corrected chi connectivity index (χ0v) is 23.2. The van der Waals surface area contributed by atoms with Gasteiger partial charge in [0.25, 0.3) is 15.7 Å². The fourth-order valence-electron chi connectivity index (χ4n) is 4.96. The maximum Gasteiger partial charge on any atom is 0.289 e. The quantitative estimate of drug-likeness (QED) is 0.140. The van der Waals surface area contributed by atoms with Gasteiger partial charge in [0, 0.05) is 35.5 Å². The summed E-state index contributed by atoms with van der Waals surface area (Å²) in [5.74, 6) is -0.837. The number of halogens is 2. The van der Waals surface area contributed by atoms with Crippen LogP contribution in [0.25, 0.3) is 33.4 Å². The van der Waals surface area contributed by atoms with Crippen molar-refractivity contribution < 1.29 is 22.1 Å². The van der Waals surface area contributed by atoms with Crippen LogP contribution < -0.4 is 0 Å². The van der Waals surface area contributed by atoms with Crippen molar-refractivity contribution in [2.24, 2.45) is 0 Å². The summed E-state index contributed by atoms with van der Waals surface area (Å²) in [5.41, 5.74) is 2.40. The van der Waals surface area contributed by atoms with Crippen molar-refractivity contribution in [3.8, 4) is 22.5 Å². The summed E-state index contributed by atoms with van der Waals surface area (Å²) >= 11 is 0. The maximum absolute atomic E-state index is 14.2. The zero-order chi connectivity index (χ0) is 30.1. The molecule has 0 saturated heterocycles. The summed E-state index contributed by atoms with van der Waals surface area (Å²) in [5, 5.41) is 12.6. The Balaban J connectivity index is 1.47. The molecular formula is C31H23F2N5O4S. The second-order valence-corrected chi connectivity index (χ2v) is 11.7. The van der Waals surface area contributed by atoms with Crippen molar-refractivity contribution in [1.82, 2.24) is 19.3 Å². The fraction of sp³-hybridized carbons (Fsp3) is 0.0645. The number of hydrogen-bond acceptors (Lipinski definition) is 5. The summed E-state index contributed by atoms with van der Waals surface area (Å²) in [7, 11) is -4.46. The lowest BCUT2D eigenvalue weighted by Gasteiger charge is -2.21. The minimum Gasteiger partial charge on any atom is -0.361 e. The molecule has 0 aliphatic carbocycles. The number of imidazole rings is 1. The first-order valence-electron chi connectivity index (χ1n) is 13.1. The molecule has 0 aliphatic rings. The van der Waals surface area contributed by atoms with Gasteiger partial charge in [-0.2, -0.15) is 4.31 Å². The van der Waals surface area contributed by atoms with E-state index in [-0.39, 0.29) is 24.6 Å². The zero-order valence-electron chi connectivity index (χ0n) is 22.4. The molecule has 2 N–H and O–H groups in total. The van der Waals surface area contributed by atoms with E-state index in [2.05, 4.69) is 15.0 Å². The van der Waals surface area contributed by atoms with Crippen LogP contribution in [0, 0.1) is 21.7 Å². The molecule has 4 aromatic carbocycles. The largest absolute Gasteiger partial charge is 0.361 e. The number of sulfonamides is 1. The molecule has 43 heavy (non-hydrogen) atoms. The average molecular weight is 600 g/mol. The number of nitro benzene ring substituents is 1. The second-order valence-electron chi connectivity index (χ2n) is 9.83. The normalized spacial score (nSPS) is 11.8. The van der Waals surface area contributed by atoms with E-state index in [4.69, 9.17) is 0 Å². The molecule has 0 aliphatic heterocycles. The number of rotatable bonds is 9. The van der Waals surface area contributed by atoms with Crippen LogP contribution in [0.15, 0.2) is 108 Å². The lowest BCUT2D eigenvalue weighted by Crippen LogP contribution is -2.31. The van der Waals surface area contributed by atoms with Gasteiger partial charge in [0.15, 0.2) is 4.90 Å². The average Bonchev–Trinajstić information content (AvgIpc) is 3.64. The van der Waals surface area contributed by atoms with Gasteiger partial charge in [0.05, 0.1) is 22.9 Å². The molecule has 0 atom stereocenters. The van der Waals surface area contributed by atoms with E-state index in [0.717, 1.165) is 21.3 Å². The first kappa shape index (κ1) is 27.9. The van der Waals surface area contributed by atoms with Crippen molar-refractivity contribution in [3.05, 3.63) is 136 Å². The van der Waals surface area contributed by atoms with E-state index >= 15 is 0 Å². The van der Waals surface area contributed by atoms with Gasteiger partial charge < -0.3 is 9.97 Å². The number of benzene rings is 4. The van der Waals surface area contributed by atoms with Crippen LogP contribution in [0.4, 0.5) is 14.5 Å². The summed E-state index contributed by atoms with van der Waals surface area (Å²) in [6.45, 7) is -0.460. The van der Waals surface area contributed by atoms with Crippen LogP contribution in [0.1, 0.15) is 11.4 Å². The van der Waals surface area contributed by atoms with Crippen molar-refractivity contribution >= 4 is 26.6 Å². The summed E-state index contributed by atoms with van der Waals surface area (Å²) < 4.78 is 57.6. The molecule has 2 heterocycles. The number of H-pyrrole nitrogens is 2. The number of nitro groups is 1. The van der Waals surface area contributed by atoms with Gasteiger partial charge in [-0.15, -0.1) is 0 Å². The van der Waals surface area contributed by atoms with Gasteiger partial charge >= 0.3 is 0 Å². The predicted octanol–water partition coefficient (Wildman–Crippen LogP) is 6.80. The highest BCUT2D eigenvalue weighted by Gasteiger charge is 2.33. The number of fused-ring (bicyclic) bond motifs is 1. The molecule has 0 unspecified atom stereocenters. The summed E-state index contributed by atoms with van der Waals surface area (Å²) in [6, 6.07) is 23.8. The van der Waals surface area contributed by atoms with Gasteiger partial charge in [-0.05, 0) is 59.5 Å². The highest BCUT2D eigenvalue weighted by Crippen LogP contribution is 2.33. The minimum atomic E-state index is -4.46. The van der Waals surface area contributed by atoms with Crippen molar-refractivity contribution in [2.45, 2.75) is 18.0 Å². The first-order valence-corrected chi connectivity index (χ1v) is 14.5. The maximum atomic E-state index is 14.2. The molecule has 0 radical (unpaired) electrons. The van der Waals surface area contributed by atoms with Crippen LogP contribution in [0.2, 0.25) is 0 Å². The predicted molar refractivity (Wildman–Crippen MR) is 157 cm³/mol. The Kier molecular flexibility index (Phi) is 7.30. The number of nitrogens with one attached hydrogen (secondary N) is 2. The van der Waals surface area contributed by atoms with Gasteiger partial charge in [-0.1, -0.05) is 42.5 Å². The van der Waals surface area contributed by atoms with E-state index in [1.165, 1.54) is 54.6 Å². The van der Waals surface area contributed by atoms with Crippen LogP contribution in [0.5, 0.6) is 0 Å². The minimum absolute atomic E-state index is 0.138. The number of aromatic amines is 2. The molecule has 0 bridgehead atoms.